The van der Waals surface area contributed by atoms with E-state index in [1.54, 1.807) is 6.07 Å². The highest BCUT2D eigenvalue weighted by molar-refractivity contribution is 6.30. The Kier molecular flexibility index (Phi) is 5.93. The molecule has 1 aromatic heterocycles. The Morgan fingerprint density at radius 3 is 2.74 bits per heavy atom. The van der Waals surface area contributed by atoms with Crippen molar-refractivity contribution >= 4 is 23.5 Å². The first-order valence-corrected chi connectivity index (χ1v) is 7.96. The van der Waals surface area contributed by atoms with Crippen molar-refractivity contribution < 1.29 is 4.79 Å². The lowest BCUT2D eigenvalue weighted by Crippen LogP contribution is -2.27. The van der Waals surface area contributed by atoms with Crippen LogP contribution in [-0.4, -0.2) is 28.5 Å². The minimum atomic E-state index is -0.204. The number of carbonyl (C=O) groups is 1. The van der Waals surface area contributed by atoms with Crippen molar-refractivity contribution in [1.29, 1.82) is 0 Å². The third kappa shape index (κ3) is 5.53. The second-order valence-corrected chi connectivity index (χ2v) is 6.09. The summed E-state index contributed by atoms with van der Waals surface area (Å²) in [5.74, 6) is 0.268. The Labute approximate surface area is 141 Å². The Balaban J connectivity index is 1.96. The summed E-state index contributed by atoms with van der Waals surface area (Å²) in [4.78, 5) is 20.8. The normalized spacial score (nSPS) is 10.7. The van der Waals surface area contributed by atoms with Crippen molar-refractivity contribution in [2.75, 3.05) is 11.9 Å². The van der Waals surface area contributed by atoms with E-state index in [0.717, 1.165) is 11.3 Å². The molecule has 0 unspecified atom stereocenters. The number of aromatic nitrogens is 2. The molecule has 0 radical (unpaired) electrons. The van der Waals surface area contributed by atoms with E-state index < -0.39 is 0 Å². The molecule has 5 nitrogen and oxygen atoms in total. The van der Waals surface area contributed by atoms with E-state index in [1.807, 2.05) is 45.0 Å². The van der Waals surface area contributed by atoms with E-state index in [0.29, 0.717) is 29.6 Å². The van der Waals surface area contributed by atoms with Crippen LogP contribution in [0.25, 0.3) is 0 Å². The van der Waals surface area contributed by atoms with Gasteiger partial charge in [0.1, 0.15) is 5.69 Å². The SMILES string of the molecule is Cc1cc(C(=O)NCCc2cccc(Cl)c2)nc(NC(C)C)n1. The van der Waals surface area contributed by atoms with Crippen LogP contribution in [0.5, 0.6) is 0 Å². The highest BCUT2D eigenvalue weighted by Gasteiger charge is 2.10. The van der Waals surface area contributed by atoms with Crippen LogP contribution in [-0.2, 0) is 6.42 Å². The molecule has 0 fully saturated rings. The molecular formula is C17H21ClN4O. The van der Waals surface area contributed by atoms with Crippen LogP contribution in [0, 0.1) is 6.92 Å². The number of nitrogens with zero attached hydrogens (tertiary/aromatic N) is 2. The van der Waals surface area contributed by atoms with Gasteiger partial charge in [-0.15, -0.1) is 0 Å². The fraction of sp³-hybridized carbons (Fsp3) is 0.353. The lowest BCUT2D eigenvalue weighted by molar-refractivity contribution is 0.0949. The second-order valence-electron chi connectivity index (χ2n) is 5.65. The van der Waals surface area contributed by atoms with Crippen LogP contribution in [0.15, 0.2) is 30.3 Å². The molecule has 1 heterocycles. The number of benzene rings is 1. The molecule has 0 atom stereocenters. The van der Waals surface area contributed by atoms with Gasteiger partial charge in [0, 0.05) is 23.3 Å². The van der Waals surface area contributed by atoms with E-state index in [1.165, 1.54) is 0 Å². The van der Waals surface area contributed by atoms with Crippen molar-refractivity contribution in [2.45, 2.75) is 33.2 Å². The number of anilines is 1. The summed E-state index contributed by atoms with van der Waals surface area (Å²) in [6, 6.07) is 9.49. The number of nitrogens with one attached hydrogen (secondary N) is 2. The number of hydrogen-bond acceptors (Lipinski definition) is 4. The molecule has 0 saturated heterocycles. The Bertz CT molecular complexity index is 688. The number of amides is 1. The maximum Gasteiger partial charge on any atom is 0.270 e. The molecule has 0 aliphatic heterocycles. The van der Waals surface area contributed by atoms with Crippen molar-refractivity contribution in [1.82, 2.24) is 15.3 Å². The monoisotopic (exact) mass is 332 g/mol. The van der Waals surface area contributed by atoms with Gasteiger partial charge < -0.3 is 10.6 Å². The number of carbonyl (C=O) groups excluding carboxylic acids is 1. The third-order valence-corrected chi connectivity index (χ3v) is 3.33. The first-order chi connectivity index (χ1) is 10.9. The molecule has 0 saturated carbocycles. The fourth-order valence-electron chi connectivity index (χ4n) is 2.11. The van der Waals surface area contributed by atoms with Crippen LogP contribution in [0.2, 0.25) is 5.02 Å². The standard InChI is InChI=1S/C17H21ClN4O/c1-11(2)20-17-21-12(3)9-15(22-17)16(23)19-8-7-13-5-4-6-14(18)10-13/h4-6,9-11H,7-8H2,1-3H3,(H,19,23)(H,20,21,22). The van der Waals surface area contributed by atoms with Gasteiger partial charge in [0.15, 0.2) is 0 Å². The van der Waals surface area contributed by atoms with E-state index in [-0.39, 0.29) is 11.9 Å². The summed E-state index contributed by atoms with van der Waals surface area (Å²) in [6.07, 6.45) is 0.716. The van der Waals surface area contributed by atoms with Gasteiger partial charge in [-0.1, -0.05) is 23.7 Å². The Morgan fingerprint density at radius 1 is 1.26 bits per heavy atom. The molecule has 1 amide bonds. The average molecular weight is 333 g/mol. The molecule has 0 aliphatic carbocycles. The minimum Gasteiger partial charge on any atom is -0.352 e. The van der Waals surface area contributed by atoms with Crippen LogP contribution in [0.1, 0.15) is 35.6 Å². The second kappa shape index (κ2) is 7.92. The van der Waals surface area contributed by atoms with Gasteiger partial charge in [0.2, 0.25) is 5.95 Å². The molecule has 0 spiro atoms. The molecule has 2 N–H and O–H groups in total. The summed E-state index contributed by atoms with van der Waals surface area (Å²) in [7, 11) is 0. The molecule has 1 aromatic carbocycles. The van der Waals surface area contributed by atoms with Gasteiger partial charge in [-0.2, -0.15) is 0 Å². The quantitative estimate of drug-likeness (QED) is 0.852. The number of halogens is 1. The summed E-state index contributed by atoms with van der Waals surface area (Å²) in [5, 5.41) is 6.69. The van der Waals surface area contributed by atoms with Crippen LogP contribution >= 0.6 is 11.6 Å². The largest absolute Gasteiger partial charge is 0.352 e. The summed E-state index contributed by atoms with van der Waals surface area (Å²) in [5.41, 5.74) is 2.20. The lowest BCUT2D eigenvalue weighted by atomic mass is 10.1. The zero-order valence-electron chi connectivity index (χ0n) is 13.6. The molecular weight excluding hydrogens is 312 g/mol. The topological polar surface area (TPSA) is 66.9 Å². The summed E-state index contributed by atoms with van der Waals surface area (Å²) >= 11 is 5.95. The lowest BCUT2D eigenvalue weighted by Gasteiger charge is -2.11. The molecule has 0 aliphatic rings. The van der Waals surface area contributed by atoms with Gasteiger partial charge in [-0.25, -0.2) is 9.97 Å². The van der Waals surface area contributed by atoms with Gasteiger partial charge >= 0.3 is 0 Å². The molecule has 0 bridgehead atoms. The molecule has 6 heteroatoms. The highest BCUT2D eigenvalue weighted by Crippen LogP contribution is 2.11. The van der Waals surface area contributed by atoms with E-state index in [4.69, 9.17) is 11.6 Å². The maximum absolute atomic E-state index is 12.2. The summed E-state index contributed by atoms with van der Waals surface area (Å²) in [6.45, 7) is 6.36. The molecule has 2 aromatic rings. The van der Waals surface area contributed by atoms with Gasteiger partial charge in [0.05, 0.1) is 0 Å². The number of rotatable bonds is 6. The van der Waals surface area contributed by atoms with Crippen molar-refractivity contribution in [3.8, 4) is 0 Å². The maximum atomic E-state index is 12.2. The van der Waals surface area contributed by atoms with Gasteiger partial charge in [0.25, 0.3) is 5.91 Å². The predicted molar refractivity (Wildman–Crippen MR) is 93.0 cm³/mol. The average Bonchev–Trinajstić information content (AvgIpc) is 2.45. The molecule has 2 rings (SSSR count). The summed E-state index contributed by atoms with van der Waals surface area (Å²) < 4.78 is 0. The number of hydrogen-bond donors (Lipinski definition) is 2. The highest BCUT2D eigenvalue weighted by atomic mass is 35.5. The zero-order valence-corrected chi connectivity index (χ0v) is 14.3. The van der Waals surface area contributed by atoms with Crippen LogP contribution < -0.4 is 10.6 Å². The van der Waals surface area contributed by atoms with Crippen molar-refractivity contribution in [2.24, 2.45) is 0 Å². The zero-order chi connectivity index (χ0) is 16.8. The molecule has 23 heavy (non-hydrogen) atoms. The Hall–Kier alpha value is -2.14. The predicted octanol–water partition coefficient (Wildman–Crippen LogP) is 3.23. The van der Waals surface area contributed by atoms with Crippen molar-refractivity contribution in [3.05, 3.63) is 52.3 Å². The number of aryl methyl sites for hydroxylation is 1. The van der Waals surface area contributed by atoms with E-state index in [9.17, 15) is 4.79 Å². The Morgan fingerprint density at radius 2 is 2.04 bits per heavy atom. The fourth-order valence-corrected chi connectivity index (χ4v) is 2.32. The van der Waals surface area contributed by atoms with Crippen molar-refractivity contribution in [3.63, 3.8) is 0 Å². The molecule has 122 valence electrons. The van der Waals surface area contributed by atoms with Crippen LogP contribution in [0.3, 0.4) is 0 Å². The first-order valence-electron chi connectivity index (χ1n) is 7.59. The minimum absolute atomic E-state index is 0.204. The van der Waals surface area contributed by atoms with Crippen LogP contribution in [0.4, 0.5) is 5.95 Å². The van der Waals surface area contributed by atoms with Gasteiger partial charge in [-0.3, -0.25) is 4.79 Å². The van der Waals surface area contributed by atoms with E-state index in [2.05, 4.69) is 20.6 Å². The van der Waals surface area contributed by atoms with E-state index >= 15 is 0 Å². The third-order valence-electron chi connectivity index (χ3n) is 3.09. The first kappa shape index (κ1) is 17.2. The van der Waals surface area contributed by atoms with Gasteiger partial charge in [-0.05, 0) is 51.0 Å². The smallest absolute Gasteiger partial charge is 0.270 e.